The molecule has 0 aliphatic carbocycles. The topological polar surface area (TPSA) is 101 Å². The predicted octanol–water partition coefficient (Wildman–Crippen LogP) is 1.09. The molecule has 0 spiro atoms. The van der Waals surface area contributed by atoms with Crippen LogP contribution < -0.4 is 15.8 Å². The molecule has 1 unspecified atom stereocenters. The van der Waals surface area contributed by atoms with Gasteiger partial charge in [-0.1, -0.05) is 13.8 Å². The van der Waals surface area contributed by atoms with Crippen molar-refractivity contribution in [1.29, 1.82) is 0 Å². The van der Waals surface area contributed by atoms with Gasteiger partial charge in [-0.3, -0.25) is 4.79 Å². The van der Waals surface area contributed by atoms with Gasteiger partial charge in [-0.2, -0.15) is 0 Å². The first-order valence-electron chi connectivity index (χ1n) is 7.20. The van der Waals surface area contributed by atoms with E-state index in [2.05, 4.69) is 10.0 Å². The van der Waals surface area contributed by atoms with E-state index in [0.717, 1.165) is 0 Å². The highest BCUT2D eigenvalue weighted by Gasteiger charge is 2.30. The second kappa shape index (κ2) is 7.21. The third kappa shape index (κ3) is 4.79. The second-order valence-corrected chi connectivity index (χ2v) is 7.75. The molecule has 22 heavy (non-hydrogen) atoms. The third-order valence-corrected chi connectivity index (χ3v) is 5.00. The van der Waals surface area contributed by atoms with Gasteiger partial charge >= 0.3 is 0 Å². The summed E-state index contributed by atoms with van der Waals surface area (Å²) in [6.45, 7) is 6.03. The molecule has 0 aromatic heterocycles. The Morgan fingerprint density at radius 2 is 1.82 bits per heavy atom. The smallest absolute Gasteiger partial charge is 0.251 e. The highest BCUT2D eigenvalue weighted by atomic mass is 32.2. The Balaban J connectivity index is 3.01. The fraction of sp³-hybridized carbons (Fsp3) is 0.533. The van der Waals surface area contributed by atoms with Crippen LogP contribution in [0.1, 0.15) is 37.6 Å². The van der Waals surface area contributed by atoms with Crippen molar-refractivity contribution in [1.82, 2.24) is 10.0 Å². The summed E-state index contributed by atoms with van der Waals surface area (Å²) in [6.07, 6.45) is 0.638. The Labute approximate surface area is 132 Å². The monoisotopic (exact) mass is 327 g/mol. The molecule has 0 saturated heterocycles. The number of nitrogens with two attached hydrogens (primary N) is 1. The molecule has 0 fully saturated rings. The van der Waals surface area contributed by atoms with Crippen LogP contribution in [0.3, 0.4) is 0 Å². The molecule has 7 heteroatoms. The van der Waals surface area contributed by atoms with E-state index in [-0.39, 0.29) is 17.3 Å². The van der Waals surface area contributed by atoms with Crippen LogP contribution in [0.4, 0.5) is 0 Å². The van der Waals surface area contributed by atoms with Crippen LogP contribution in [0.2, 0.25) is 0 Å². The highest BCUT2D eigenvalue weighted by Crippen LogP contribution is 2.19. The van der Waals surface area contributed by atoms with Crippen LogP contribution in [0.5, 0.6) is 0 Å². The maximum absolute atomic E-state index is 12.5. The number of hydrogen-bond acceptors (Lipinski definition) is 4. The van der Waals surface area contributed by atoms with Gasteiger partial charge in [0, 0.05) is 24.7 Å². The predicted molar refractivity (Wildman–Crippen MR) is 87.1 cm³/mol. The van der Waals surface area contributed by atoms with Crippen molar-refractivity contribution in [3.05, 3.63) is 29.8 Å². The van der Waals surface area contributed by atoms with E-state index in [9.17, 15) is 13.2 Å². The van der Waals surface area contributed by atoms with Gasteiger partial charge in [0.2, 0.25) is 10.0 Å². The Morgan fingerprint density at radius 3 is 2.23 bits per heavy atom. The molecular formula is C15H25N3O3S. The number of sulfonamides is 1. The lowest BCUT2D eigenvalue weighted by molar-refractivity contribution is 0.0963. The number of hydrogen-bond donors (Lipinski definition) is 3. The summed E-state index contributed by atoms with van der Waals surface area (Å²) in [6, 6.07) is 5.80. The molecular weight excluding hydrogens is 302 g/mol. The molecule has 0 aliphatic rings. The molecule has 1 amide bonds. The molecule has 0 radical (unpaired) electrons. The van der Waals surface area contributed by atoms with E-state index >= 15 is 0 Å². The van der Waals surface area contributed by atoms with E-state index in [4.69, 9.17) is 5.73 Å². The van der Waals surface area contributed by atoms with Crippen molar-refractivity contribution < 1.29 is 13.2 Å². The first-order valence-corrected chi connectivity index (χ1v) is 8.68. The lowest BCUT2D eigenvalue weighted by Gasteiger charge is -2.30. The van der Waals surface area contributed by atoms with Crippen molar-refractivity contribution >= 4 is 15.9 Å². The Kier molecular flexibility index (Phi) is 6.10. The molecule has 0 saturated carbocycles. The number of amides is 1. The Bertz CT molecular complexity index is 611. The Morgan fingerprint density at radius 1 is 1.27 bits per heavy atom. The van der Waals surface area contributed by atoms with Gasteiger partial charge in [0.05, 0.1) is 4.90 Å². The molecule has 0 heterocycles. The van der Waals surface area contributed by atoms with Crippen LogP contribution in [-0.2, 0) is 10.0 Å². The van der Waals surface area contributed by atoms with Gasteiger partial charge in [-0.05, 0) is 43.5 Å². The van der Waals surface area contributed by atoms with Gasteiger partial charge in [0.25, 0.3) is 5.91 Å². The molecule has 1 aromatic rings. The van der Waals surface area contributed by atoms with E-state index in [1.54, 1.807) is 6.92 Å². The lowest BCUT2D eigenvalue weighted by Crippen LogP contribution is -2.51. The lowest BCUT2D eigenvalue weighted by atomic mass is 9.92. The minimum atomic E-state index is -3.69. The zero-order valence-corrected chi connectivity index (χ0v) is 14.3. The molecule has 1 aromatic carbocycles. The minimum Gasteiger partial charge on any atom is -0.355 e. The average molecular weight is 327 g/mol. The van der Waals surface area contributed by atoms with Crippen molar-refractivity contribution in [2.75, 3.05) is 13.6 Å². The van der Waals surface area contributed by atoms with Gasteiger partial charge < -0.3 is 11.1 Å². The summed E-state index contributed by atoms with van der Waals surface area (Å²) in [5, 5.41) is 2.49. The fourth-order valence-electron chi connectivity index (χ4n) is 2.38. The number of benzene rings is 1. The van der Waals surface area contributed by atoms with E-state index in [1.807, 2.05) is 13.8 Å². The first kappa shape index (κ1) is 18.6. The Hall–Kier alpha value is -1.44. The quantitative estimate of drug-likeness (QED) is 0.697. The van der Waals surface area contributed by atoms with Crippen LogP contribution in [0, 0.1) is 5.92 Å². The zero-order valence-electron chi connectivity index (χ0n) is 13.5. The van der Waals surface area contributed by atoms with Crippen molar-refractivity contribution in [3.8, 4) is 0 Å². The first-order chi connectivity index (χ1) is 10.1. The number of rotatable bonds is 7. The summed E-state index contributed by atoms with van der Waals surface area (Å²) >= 11 is 0. The summed E-state index contributed by atoms with van der Waals surface area (Å²) < 4.78 is 27.6. The van der Waals surface area contributed by atoms with Crippen molar-refractivity contribution in [2.45, 2.75) is 37.6 Å². The molecule has 0 aliphatic heterocycles. The van der Waals surface area contributed by atoms with E-state index in [1.165, 1.54) is 31.3 Å². The van der Waals surface area contributed by atoms with Crippen molar-refractivity contribution in [3.63, 3.8) is 0 Å². The zero-order chi connectivity index (χ0) is 17.0. The normalized spacial score (nSPS) is 14.6. The van der Waals surface area contributed by atoms with E-state index in [0.29, 0.717) is 17.9 Å². The molecule has 4 N–H and O–H groups in total. The SMILES string of the molecule is CNC(=O)c1ccc(S(=O)(=O)NC(C)(CN)CC(C)C)cc1. The molecule has 6 nitrogen and oxygen atoms in total. The average Bonchev–Trinajstić information content (AvgIpc) is 2.45. The van der Waals surface area contributed by atoms with Gasteiger partial charge in [0.1, 0.15) is 0 Å². The minimum absolute atomic E-state index is 0.114. The van der Waals surface area contributed by atoms with Crippen LogP contribution in [0.15, 0.2) is 29.2 Å². The fourth-order valence-corrected chi connectivity index (χ4v) is 3.81. The summed E-state index contributed by atoms with van der Waals surface area (Å²) in [7, 11) is -2.17. The highest BCUT2D eigenvalue weighted by molar-refractivity contribution is 7.89. The number of nitrogens with one attached hydrogen (secondary N) is 2. The maximum Gasteiger partial charge on any atom is 0.251 e. The largest absolute Gasteiger partial charge is 0.355 e. The molecule has 0 bridgehead atoms. The summed E-state index contributed by atoms with van der Waals surface area (Å²) in [5.74, 6) is 0.0513. The number of carbonyl (C=O) groups excluding carboxylic acids is 1. The van der Waals surface area contributed by atoms with Crippen LogP contribution in [0.25, 0.3) is 0 Å². The second-order valence-electron chi connectivity index (χ2n) is 6.07. The summed E-state index contributed by atoms with van der Waals surface area (Å²) in [4.78, 5) is 11.6. The third-order valence-electron chi connectivity index (χ3n) is 3.34. The van der Waals surface area contributed by atoms with Gasteiger partial charge in [0.15, 0.2) is 0 Å². The number of carbonyl (C=O) groups is 1. The van der Waals surface area contributed by atoms with E-state index < -0.39 is 15.6 Å². The van der Waals surface area contributed by atoms with Gasteiger partial charge in [-0.15, -0.1) is 0 Å². The molecule has 1 rings (SSSR count). The molecule has 1 atom stereocenters. The van der Waals surface area contributed by atoms with Crippen LogP contribution in [-0.4, -0.2) is 33.5 Å². The van der Waals surface area contributed by atoms with Crippen molar-refractivity contribution in [2.24, 2.45) is 11.7 Å². The van der Waals surface area contributed by atoms with Crippen LogP contribution >= 0.6 is 0 Å². The maximum atomic E-state index is 12.5. The molecule has 124 valence electrons. The summed E-state index contributed by atoms with van der Waals surface area (Å²) in [5.41, 5.74) is 5.45. The van der Waals surface area contributed by atoms with Gasteiger partial charge in [-0.25, -0.2) is 13.1 Å². The standard InChI is InChI=1S/C15H25N3O3S/c1-11(2)9-15(3,10-16)18-22(20,21)13-7-5-12(6-8-13)14(19)17-4/h5-8,11,18H,9-10,16H2,1-4H3,(H,17,19).